The van der Waals surface area contributed by atoms with Crippen LogP contribution in [0.15, 0.2) is 42.5 Å². The molecule has 130 valence electrons. The number of amides is 2. The summed E-state index contributed by atoms with van der Waals surface area (Å²) in [6.07, 6.45) is 0.206. The number of hydrogen-bond acceptors (Lipinski definition) is 2. The van der Waals surface area contributed by atoms with E-state index in [9.17, 15) is 14.0 Å². The van der Waals surface area contributed by atoms with Gasteiger partial charge in [-0.3, -0.25) is 9.59 Å². The van der Waals surface area contributed by atoms with E-state index in [4.69, 9.17) is 0 Å². The van der Waals surface area contributed by atoms with Crippen molar-refractivity contribution in [3.8, 4) is 0 Å². The Morgan fingerprint density at radius 2 is 1.80 bits per heavy atom. The molecule has 0 aliphatic carbocycles. The first-order valence-corrected chi connectivity index (χ1v) is 8.32. The maximum absolute atomic E-state index is 13.0. The molecule has 0 aromatic heterocycles. The third kappa shape index (κ3) is 4.24. The second-order valence-electron chi connectivity index (χ2n) is 6.67. The van der Waals surface area contributed by atoms with Crippen LogP contribution in [0.2, 0.25) is 0 Å². The highest BCUT2D eigenvalue weighted by molar-refractivity contribution is 5.97. The van der Waals surface area contributed by atoms with Crippen molar-refractivity contribution in [2.24, 2.45) is 5.92 Å². The van der Waals surface area contributed by atoms with Gasteiger partial charge in [0.1, 0.15) is 5.82 Å². The van der Waals surface area contributed by atoms with Crippen LogP contribution in [0.1, 0.15) is 23.1 Å². The van der Waals surface area contributed by atoms with Crippen LogP contribution in [0.3, 0.4) is 0 Å². The molecule has 1 heterocycles. The molecule has 1 aliphatic heterocycles. The number of nitrogens with zero attached hydrogens (tertiary/aromatic N) is 1. The molecular formula is C20H21FN2O2. The van der Waals surface area contributed by atoms with Gasteiger partial charge in [-0.2, -0.15) is 0 Å². The van der Waals surface area contributed by atoms with Crippen molar-refractivity contribution in [1.82, 2.24) is 4.90 Å². The van der Waals surface area contributed by atoms with Crippen molar-refractivity contribution in [2.75, 3.05) is 11.9 Å². The molecule has 2 aromatic carbocycles. The normalized spacial score (nSPS) is 17.0. The van der Waals surface area contributed by atoms with Gasteiger partial charge < -0.3 is 10.2 Å². The zero-order valence-electron chi connectivity index (χ0n) is 14.4. The predicted molar refractivity (Wildman–Crippen MR) is 94.5 cm³/mol. The number of carbonyl (C=O) groups is 2. The largest absolute Gasteiger partial charge is 0.338 e. The molecule has 25 heavy (non-hydrogen) atoms. The lowest BCUT2D eigenvalue weighted by Gasteiger charge is -2.17. The maximum Gasteiger partial charge on any atom is 0.229 e. The average Bonchev–Trinajstić information content (AvgIpc) is 2.90. The van der Waals surface area contributed by atoms with Crippen LogP contribution in [0, 0.1) is 25.6 Å². The van der Waals surface area contributed by atoms with Gasteiger partial charge in [0.25, 0.3) is 0 Å². The highest BCUT2D eigenvalue weighted by Gasteiger charge is 2.34. The molecule has 1 aliphatic rings. The number of hydrogen-bond donors (Lipinski definition) is 1. The van der Waals surface area contributed by atoms with Gasteiger partial charge in [-0.15, -0.1) is 0 Å². The summed E-state index contributed by atoms with van der Waals surface area (Å²) >= 11 is 0. The van der Waals surface area contributed by atoms with Crippen LogP contribution in [0.5, 0.6) is 0 Å². The third-order valence-corrected chi connectivity index (χ3v) is 4.36. The summed E-state index contributed by atoms with van der Waals surface area (Å²) in [5.74, 6) is -0.860. The van der Waals surface area contributed by atoms with Gasteiger partial charge in [0.2, 0.25) is 11.8 Å². The van der Waals surface area contributed by atoms with Gasteiger partial charge in [0, 0.05) is 25.2 Å². The maximum atomic E-state index is 13.0. The molecule has 0 radical (unpaired) electrons. The van der Waals surface area contributed by atoms with Crippen molar-refractivity contribution >= 4 is 17.5 Å². The number of benzene rings is 2. The molecule has 2 amide bonds. The van der Waals surface area contributed by atoms with E-state index in [1.54, 1.807) is 17.0 Å². The fourth-order valence-corrected chi connectivity index (χ4v) is 3.20. The predicted octanol–water partition coefficient (Wildman–Crippen LogP) is 3.43. The number of likely N-dealkylation sites (tertiary alicyclic amines) is 1. The van der Waals surface area contributed by atoms with E-state index >= 15 is 0 Å². The lowest BCUT2D eigenvalue weighted by atomic mass is 10.1. The van der Waals surface area contributed by atoms with E-state index in [1.807, 2.05) is 32.0 Å². The van der Waals surface area contributed by atoms with E-state index in [0.717, 1.165) is 22.4 Å². The van der Waals surface area contributed by atoms with Crippen molar-refractivity contribution in [3.05, 3.63) is 65.0 Å². The Kier molecular flexibility index (Phi) is 4.83. The van der Waals surface area contributed by atoms with E-state index in [1.165, 1.54) is 12.1 Å². The highest BCUT2D eigenvalue weighted by atomic mass is 19.1. The van der Waals surface area contributed by atoms with Gasteiger partial charge in [-0.05, 0) is 54.8 Å². The molecule has 4 nitrogen and oxygen atoms in total. The third-order valence-electron chi connectivity index (χ3n) is 4.36. The Labute approximate surface area is 146 Å². The summed E-state index contributed by atoms with van der Waals surface area (Å²) in [4.78, 5) is 26.3. The van der Waals surface area contributed by atoms with Crippen LogP contribution >= 0.6 is 0 Å². The quantitative estimate of drug-likeness (QED) is 0.927. The molecule has 0 saturated carbocycles. The molecule has 2 aromatic rings. The van der Waals surface area contributed by atoms with Crippen LogP contribution in [0.4, 0.5) is 10.1 Å². The number of anilines is 1. The lowest BCUT2D eigenvalue weighted by Crippen LogP contribution is -2.28. The first kappa shape index (κ1) is 17.1. The summed E-state index contributed by atoms with van der Waals surface area (Å²) in [6, 6.07) is 11.9. The molecule has 1 saturated heterocycles. The number of aryl methyl sites for hydroxylation is 2. The molecule has 1 N–H and O–H groups in total. The summed E-state index contributed by atoms with van der Waals surface area (Å²) in [6.45, 7) is 4.73. The topological polar surface area (TPSA) is 49.4 Å². The van der Waals surface area contributed by atoms with Gasteiger partial charge in [-0.25, -0.2) is 4.39 Å². The summed E-state index contributed by atoms with van der Waals surface area (Å²) < 4.78 is 13.0. The standard InChI is InChI=1S/C20H21FN2O2/c1-13-7-14(2)9-18(8-13)22-20(25)16-10-19(24)23(12-16)11-15-3-5-17(21)6-4-15/h3-9,16H,10-12H2,1-2H3,(H,22,25)/t16-/m1/s1. The Bertz CT molecular complexity index is 782. The second-order valence-corrected chi connectivity index (χ2v) is 6.67. The van der Waals surface area contributed by atoms with Gasteiger partial charge in [-0.1, -0.05) is 18.2 Å². The second kappa shape index (κ2) is 7.05. The van der Waals surface area contributed by atoms with Gasteiger partial charge in [0.15, 0.2) is 0 Å². The minimum atomic E-state index is -0.367. The fourth-order valence-electron chi connectivity index (χ4n) is 3.20. The van der Waals surface area contributed by atoms with Crippen LogP contribution < -0.4 is 5.32 Å². The summed E-state index contributed by atoms with van der Waals surface area (Å²) in [5, 5.41) is 2.91. The number of rotatable bonds is 4. The molecule has 0 bridgehead atoms. The minimum absolute atomic E-state index is 0.0510. The number of carbonyl (C=O) groups excluding carboxylic acids is 2. The van der Waals surface area contributed by atoms with E-state index in [0.29, 0.717) is 13.1 Å². The average molecular weight is 340 g/mol. The Morgan fingerprint density at radius 3 is 2.44 bits per heavy atom. The van der Waals surface area contributed by atoms with Crippen molar-refractivity contribution in [1.29, 1.82) is 0 Å². The number of halogens is 1. The van der Waals surface area contributed by atoms with Crippen molar-refractivity contribution in [3.63, 3.8) is 0 Å². The Balaban J connectivity index is 1.63. The molecular weight excluding hydrogens is 319 g/mol. The zero-order valence-corrected chi connectivity index (χ0v) is 14.4. The van der Waals surface area contributed by atoms with E-state index in [-0.39, 0.29) is 30.0 Å². The monoisotopic (exact) mass is 340 g/mol. The van der Waals surface area contributed by atoms with Gasteiger partial charge >= 0.3 is 0 Å². The molecule has 0 spiro atoms. The lowest BCUT2D eigenvalue weighted by molar-refractivity contribution is -0.128. The first-order chi connectivity index (χ1) is 11.9. The SMILES string of the molecule is Cc1cc(C)cc(NC(=O)[C@@H]2CC(=O)N(Cc3ccc(F)cc3)C2)c1. The molecule has 1 atom stereocenters. The molecule has 0 unspecified atom stereocenters. The van der Waals surface area contributed by atoms with Crippen LogP contribution in [0.25, 0.3) is 0 Å². The number of nitrogens with one attached hydrogen (secondary N) is 1. The van der Waals surface area contributed by atoms with Gasteiger partial charge in [0.05, 0.1) is 5.92 Å². The minimum Gasteiger partial charge on any atom is -0.338 e. The molecule has 5 heteroatoms. The fraction of sp³-hybridized carbons (Fsp3) is 0.300. The summed E-state index contributed by atoms with van der Waals surface area (Å²) in [7, 11) is 0. The van der Waals surface area contributed by atoms with E-state index < -0.39 is 0 Å². The Morgan fingerprint density at radius 1 is 1.16 bits per heavy atom. The van der Waals surface area contributed by atoms with Crippen LogP contribution in [-0.4, -0.2) is 23.3 Å². The first-order valence-electron chi connectivity index (χ1n) is 8.32. The van der Waals surface area contributed by atoms with E-state index in [2.05, 4.69) is 5.32 Å². The smallest absolute Gasteiger partial charge is 0.229 e. The molecule has 3 rings (SSSR count). The Hall–Kier alpha value is -2.69. The van der Waals surface area contributed by atoms with Crippen molar-refractivity contribution < 1.29 is 14.0 Å². The highest BCUT2D eigenvalue weighted by Crippen LogP contribution is 2.23. The zero-order chi connectivity index (χ0) is 18.0. The van der Waals surface area contributed by atoms with Crippen molar-refractivity contribution in [2.45, 2.75) is 26.8 Å². The summed E-state index contributed by atoms with van der Waals surface area (Å²) in [5.41, 5.74) is 3.77. The molecule has 1 fully saturated rings. The van der Waals surface area contributed by atoms with Crippen LogP contribution in [-0.2, 0) is 16.1 Å².